The van der Waals surface area contributed by atoms with Crippen molar-refractivity contribution in [3.8, 4) is 11.5 Å². The molecule has 0 heterocycles. The van der Waals surface area contributed by atoms with Crippen LogP contribution in [-0.2, 0) is 20.9 Å². The Labute approximate surface area is 173 Å². The molecule has 0 bridgehead atoms. The van der Waals surface area contributed by atoms with Crippen LogP contribution in [0.5, 0.6) is 11.5 Å². The highest BCUT2D eigenvalue weighted by Crippen LogP contribution is 2.41. The fourth-order valence-corrected chi connectivity index (χ4v) is 2.63. The first-order valence-electron chi connectivity index (χ1n) is 9.16. The van der Waals surface area contributed by atoms with Crippen molar-refractivity contribution in [2.24, 2.45) is 0 Å². The lowest BCUT2D eigenvalue weighted by Crippen LogP contribution is -2.31. The molecule has 0 aliphatic rings. The van der Waals surface area contributed by atoms with Crippen molar-refractivity contribution in [3.05, 3.63) is 71.5 Å². The maximum Gasteiger partial charge on any atom is 0.334 e. The molecule has 162 valence electrons. The number of carbonyl (C=O) groups excluding carboxylic acids is 1. The fraction of sp³-hybridized carbons (Fsp3) is 0.318. The van der Waals surface area contributed by atoms with Gasteiger partial charge in [-0.05, 0) is 30.2 Å². The van der Waals surface area contributed by atoms with Crippen LogP contribution in [-0.4, -0.2) is 37.8 Å². The molecule has 8 heteroatoms. The zero-order valence-electron chi connectivity index (χ0n) is 16.9. The number of benzene rings is 2. The van der Waals surface area contributed by atoms with E-state index in [2.05, 4.69) is 0 Å². The van der Waals surface area contributed by atoms with Gasteiger partial charge in [0.15, 0.2) is 23.4 Å². The molecular weight excluding hydrogens is 398 g/mol. The highest BCUT2D eigenvalue weighted by Gasteiger charge is 2.46. The van der Waals surface area contributed by atoms with E-state index in [9.17, 15) is 9.90 Å². The maximum atomic E-state index is 15.2. The van der Waals surface area contributed by atoms with Gasteiger partial charge in [-0.25, -0.2) is 4.79 Å². The average molecular weight is 422 g/mol. The number of aliphatic hydroxyl groups excluding tert-OH is 1. The molecule has 2 aromatic rings. The molecule has 30 heavy (non-hydrogen) atoms. The third kappa shape index (κ3) is 5.70. The number of hydrogen-bond acceptors (Lipinski definition) is 6. The Bertz CT molecular complexity index is 867. The second-order valence-electron chi connectivity index (χ2n) is 6.17. The van der Waals surface area contributed by atoms with Crippen LogP contribution in [0.1, 0.15) is 24.2 Å². The molecule has 0 saturated carbocycles. The van der Waals surface area contributed by atoms with Crippen molar-refractivity contribution in [1.29, 1.82) is 0 Å². The van der Waals surface area contributed by atoms with Crippen molar-refractivity contribution >= 4 is 5.97 Å². The van der Waals surface area contributed by atoms with Crippen LogP contribution in [0.2, 0.25) is 0 Å². The Morgan fingerprint density at radius 3 is 2.33 bits per heavy atom. The number of esters is 1. The SMILES string of the molecule is CCOC(=O)/C=C(/OCc1ccccc1)C(F)(F)C(O)c1ccc(OC)c(OC)c1. The third-order valence-electron chi connectivity index (χ3n) is 4.17. The lowest BCUT2D eigenvalue weighted by atomic mass is 10.0. The Morgan fingerprint density at radius 2 is 1.73 bits per heavy atom. The molecule has 0 aliphatic heterocycles. The summed E-state index contributed by atoms with van der Waals surface area (Å²) in [5.74, 6) is -5.45. The molecule has 2 aromatic carbocycles. The molecule has 0 aliphatic carbocycles. The lowest BCUT2D eigenvalue weighted by molar-refractivity contribution is -0.140. The molecule has 0 fully saturated rings. The Kier molecular flexibility index (Phi) is 8.17. The highest BCUT2D eigenvalue weighted by atomic mass is 19.3. The van der Waals surface area contributed by atoms with Gasteiger partial charge < -0.3 is 24.1 Å². The smallest absolute Gasteiger partial charge is 0.334 e. The normalized spacial score (nSPS) is 12.8. The standard InChI is InChI=1S/C22H24F2O6/c1-4-29-20(25)13-19(30-14-15-8-6-5-7-9-15)22(23,24)21(26)16-10-11-17(27-2)18(12-16)28-3/h5-13,21,26H,4,14H2,1-3H3/b19-13+. The van der Waals surface area contributed by atoms with Crippen LogP contribution in [0.3, 0.4) is 0 Å². The number of ether oxygens (including phenoxy) is 4. The first-order valence-corrected chi connectivity index (χ1v) is 9.16. The molecule has 2 rings (SSSR count). The summed E-state index contributed by atoms with van der Waals surface area (Å²) in [6.07, 6.45) is -1.76. The van der Waals surface area contributed by atoms with E-state index in [-0.39, 0.29) is 24.5 Å². The van der Waals surface area contributed by atoms with Crippen molar-refractivity contribution in [2.75, 3.05) is 20.8 Å². The lowest BCUT2D eigenvalue weighted by Gasteiger charge is -2.26. The van der Waals surface area contributed by atoms with E-state index in [1.165, 1.54) is 32.4 Å². The largest absolute Gasteiger partial charge is 0.493 e. The van der Waals surface area contributed by atoms with Crippen molar-refractivity contribution < 1.29 is 37.6 Å². The van der Waals surface area contributed by atoms with Crippen LogP contribution >= 0.6 is 0 Å². The summed E-state index contributed by atoms with van der Waals surface area (Å²) in [6, 6.07) is 12.5. The Balaban J connectivity index is 2.35. The van der Waals surface area contributed by atoms with Crippen LogP contribution in [0.15, 0.2) is 60.4 Å². The van der Waals surface area contributed by atoms with Crippen molar-refractivity contribution in [1.82, 2.24) is 0 Å². The van der Waals surface area contributed by atoms with Gasteiger partial charge in [-0.1, -0.05) is 36.4 Å². The minimum atomic E-state index is -3.93. The highest BCUT2D eigenvalue weighted by molar-refractivity contribution is 5.82. The van der Waals surface area contributed by atoms with E-state index < -0.39 is 23.8 Å². The van der Waals surface area contributed by atoms with Crippen LogP contribution in [0.4, 0.5) is 8.78 Å². The summed E-state index contributed by atoms with van der Waals surface area (Å²) in [6.45, 7) is 1.33. The summed E-state index contributed by atoms with van der Waals surface area (Å²) in [7, 11) is 2.75. The quantitative estimate of drug-likeness (QED) is 0.354. The second kappa shape index (κ2) is 10.6. The summed E-state index contributed by atoms with van der Waals surface area (Å²) in [5, 5.41) is 10.4. The fourth-order valence-electron chi connectivity index (χ4n) is 2.63. The van der Waals surface area contributed by atoms with E-state index >= 15 is 8.78 Å². The number of halogens is 2. The van der Waals surface area contributed by atoms with Gasteiger partial charge in [0.05, 0.1) is 26.9 Å². The zero-order chi connectivity index (χ0) is 22.1. The van der Waals surface area contributed by atoms with Gasteiger partial charge in [-0.2, -0.15) is 8.78 Å². The van der Waals surface area contributed by atoms with Gasteiger partial charge in [-0.3, -0.25) is 0 Å². The minimum Gasteiger partial charge on any atom is -0.493 e. The summed E-state index contributed by atoms with van der Waals surface area (Å²) >= 11 is 0. The van der Waals surface area contributed by atoms with E-state index in [1.807, 2.05) is 0 Å². The second-order valence-corrected chi connectivity index (χ2v) is 6.17. The molecule has 1 atom stereocenters. The van der Waals surface area contributed by atoms with Crippen LogP contribution in [0, 0.1) is 0 Å². The number of rotatable bonds is 10. The van der Waals surface area contributed by atoms with E-state index in [4.69, 9.17) is 18.9 Å². The predicted molar refractivity (Wildman–Crippen MR) is 105 cm³/mol. The average Bonchev–Trinajstić information content (AvgIpc) is 2.76. The summed E-state index contributed by atoms with van der Waals surface area (Å²) in [5.41, 5.74) is 0.472. The first-order chi connectivity index (χ1) is 14.3. The van der Waals surface area contributed by atoms with Gasteiger partial charge in [0, 0.05) is 0 Å². The predicted octanol–water partition coefficient (Wildman–Crippen LogP) is 4.04. The van der Waals surface area contributed by atoms with Gasteiger partial charge in [0.25, 0.3) is 0 Å². The van der Waals surface area contributed by atoms with Crippen molar-refractivity contribution in [2.45, 2.75) is 25.6 Å². The Hall–Kier alpha value is -3.13. The summed E-state index contributed by atoms with van der Waals surface area (Å²) in [4.78, 5) is 11.8. The van der Waals surface area contributed by atoms with Gasteiger partial charge in [0.1, 0.15) is 6.61 Å². The minimum absolute atomic E-state index is 0.00506. The molecule has 0 radical (unpaired) electrons. The maximum absolute atomic E-state index is 15.2. The Morgan fingerprint density at radius 1 is 1.07 bits per heavy atom. The van der Waals surface area contributed by atoms with Crippen LogP contribution in [0.25, 0.3) is 0 Å². The van der Waals surface area contributed by atoms with Gasteiger partial charge >= 0.3 is 11.9 Å². The molecule has 1 unspecified atom stereocenters. The monoisotopic (exact) mass is 422 g/mol. The van der Waals surface area contributed by atoms with E-state index in [1.54, 1.807) is 37.3 Å². The van der Waals surface area contributed by atoms with Crippen LogP contribution < -0.4 is 9.47 Å². The van der Waals surface area contributed by atoms with Gasteiger partial charge in [-0.15, -0.1) is 0 Å². The molecule has 0 amide bonds. The number of hydrogen-bond donors (Lipinski definition) is 1. The first kappa shape index (κ1) is 23.2. The zero-order valence-corrected chi connectivity index (χ0v) is 16.9. The number of aliphatic hydroxyl groups is 1. The van der Waals surface area contributed by atoms with E-state index in [0.717, 1.165) is 0 Å². The molecule has 0 spiro atoms. The van der Waals surface area contributed by atoms with E-state index in [0.29, 0.717) is 17.4 Å². The molecule has 1 N–H and O–H groups in total. The number of methoxy groups -OCH3 is 2. The number of alkyl halides is 2. The molecule has 0 aromatic heterocycles. The van der Waals surface area contributed by atoms with Gasteiger partial charge in [0.2, 0.25) is 0 Å². The summed E-state index contributed by atoms with van der Waals surface area (Å²) < 4.78 is 50.5. The molecule has 0 saturated heterocycles. The molecule has 6 nitrogen and oxygen atoms in total. The molecular formula is C22H24F2O6. The number of carbonyl (C=O) groups is 1. The van der Waals surface area contributed by atoms with Crippen molar-refractivity contribution in [3.63, 3.8) is 0 Å². The third-order valence-corrected chi connectivity index (χ3v) is 4.17. The topological polar surface area (TPSA) is 74.2 Å².